The largest absolute Gasteiger partial charge is 0.388 e. The van der Waals surface area contributed by atoms with Gasteiger partial charge in [0.1, 0.15) is 30.5 Å². The van der Waals surface area contributed by atoms with Crippen molar-refractivity contribution in [2.45, 2.75) is 37.1 Å². The van der Waals surface area contributed by atoms with Crippen molar-refractivity contribution >= 4 is 5.91 Å². The lowest BCUT2D eigenvalue weighted by molar-refractivity contribution is -0.238. The highest BCUT2D eigenvalue weighted by Crippen LogP contribution is 2.37. The SMILES string of the molecule is C#CCOCCOCCOCCOC[C@@]12CO[C@@H](O1)[C@H](NC(C)=O)[C@@H](O)[C@H]2O. The topological polar surface area (TPSA) is 125 Å². The lowest BCUT2D eigenvalue weighted by atomic mass is 9.88. The van der Waals surface area contributed by atoms with Crippen molar-refractivity contribution in [2.24, 2.45) is 0 Å². The number of terminal acetylenes is 1. The summed E-state index contributed by atoms with van der Waals surface area (Å²) in [6, 6.07) is -0.830. The van der Waals surface area contributed by atoms with E-state index in [-0.39, 0.29) is 32.3 Å². The highest BCUT2D eigenvalue weighted by atomic mass is 16.8. The van der Waals surface area contributed by atoms with Gasteiger partial charge in [-0.05, 0) is 0 Å². The maximum atomic E-state index is 11.2. The minimum atomic E-state index is -1.26. The van der Waals surface area contributed by atoms with Crippen LogP contribution in [0, 0.1) is 12.3 Å². The van der Waals surface area contributed by atoms with Crippen LogP contribution in [0.25, 0.3) is 0 Å². The van der Waals surface area contributed by atoms with Crippen LogP contribution in [-0.4, -0.2) is 106 Å². The second-order valence-electron chi connectivity index (χ2n) is 6.56. The van der Waals surface area contributed by atoms with E-state index in [1.165, 1.54) is 6.92 Å². The summed E-state index contributed by atoms with van der Waals surface area (Å²) in [5.74, 6) is 2.02. The summed E-state index contributed by atoms with van der Waals surface area (Å²) in [6.45, 7) is 4.01. The molecule has 3 N–H and O–H groups in total. The maximum absolute atomic E-state index is 11.2. The maximum Gasteiger partial charge on any atom is 0.217 e. The van der Waals surface area contributed by atoms with Gasteiger partial charge in [-0.2, -0.15) is 0 Å². The first kappa shape index (κ1) is 23.0. The van der Waals surface area contributed by atoms with Crippen LogP contribution in [0.2, 0.25) is 0 Å². The number of fused-ring (bicyclic) bond motifs is 2. The molecule has 2 rings (SSSR count). The molecule has 2 saturated heterocycles. The number of hydrogen-bond acceptors (Lipinski definition) is 9. The minimum absolute atomic E-state index is 0.0287. The van der Waals surface area contributed by atoms with Gasteiger partial charge in [-0.25, -0.2) is 0 Å². The summed E-state index contributed by atoms with van der Waals surface area (Å²) in [6.07, 6.45) is 1.75. The number of amides is 1. The summed E-state index contributed by atoms with van der Waals surface area (Å²) < 4.78 is 32.5. The molecule has 2 aliphatic rings. The molecule has 0 aromatic rings. The Morgan fingerprint density at radius 1 is 1.14 bits per heavy atom. The summed E-state index contributed by atoms with van der Waals surface area (Å²) >= 11 is 0. The van der Waals surface area contributed by atoms with Crippen molar-refractivity contribution in [1.82, 2.24) is 5.32 Å². The highest BCUT2D eigenvalue weighted by molar-refractivity contribution is 5.73. The molecular weight excluding hydrogens is 374 g/mol. The van der Waals surface area contributed by atoms with E-state index < -0.39 is 30.1 Å². The van der Waals surface area contributed by atoms with Crippen LogP contribution < -0.4 is 5.32 Å². The number of aliphatic hydroxyl groups is 2. The normalized spacial score (nSPS) is 31.5. The van der Waals surface area contributed by atoms with Gasteiger partial charge < -0.3 is 44.0 Å². The predicted molar refractivity (Wildman–Crippen MR) is 95.3 cm³/mol. The zero-order chi connectivity index (χ0) is 20.4. The molecule has 1 amide bonds. The van der Waals surface area contributed by atoms with Gasteiger partial charge in [-0.3, -0.25) is 4.79 Å². The molecule has 2 aliphatic heterocycles. The van der Waals surface area contributed by atoms with Gasteiger partial charge in [-0.1, -0.05) is 5.92 Å². The first-order chi connectivity index (χ1) is 13.5. The molecular formula is C18H29NO9. The van der Waals surface area contributed by atoms with Crippen LogP contribution in [0.15, 0.2) is 0 Å². The van der Waals surface area contributed by atoms with Crippen molar-refractivity contribution in [2.75, 3.05) is 59.5 Å². The molecule has 2 fully saturated rings. The first-order valence-electron chi connectivity index (χ1n) is 9.17. The summed E-state index contributed by atoms with van der Waals surface area (Å²) in [4.78, 5) is 11.2. The molecule has 2 heterocycles. The van der Waals surface area contributed by atoms with Crippen molar-refractivity contribution in [3.05, 3.63) is 0 Å². The second-order valence-corrected chi connectivity index (χ2v) is 6.56. The van der Waals surface area contributed by atoms with Gasteiger partial charge in [0.05, 0.1) is 52.9 Å². The van der Waals surface area contributed by atoms with Gasteiger partial charge in [0.2, 0.25) is 5.91 Å². The third-order valence-electron chi connectivity index (χ3n) is 4.38. The summed E-state index contributed by atoms with van der Waals surface area (Å²) in [7, 11) is 0. The summed E-state index contributed by atoms with van der Waals surface area (Å²) in [5, 5.41) is 23.2. The molecule has 160 valence electrons. The molecule has 2 bridgehead atoms. The number of carbonyl (C=O) groups excluding carboxylic acids is 1. The molecule has 0 aromatic heterocycles. The van der Waals surface area contributed by atoms with E-state index >= 15 is 0 Å². The Morgan fingerprint density at radius 2 is 1.75 bits per heavy atom. The fourth-order valence-electron chi connectivity index (χ4n) is 3.01. The standard InChI is InChI=1S/C18H29NO9/c1-3-4-23-5-6-24-7-8-25-9-10-26-11-18-12-27-17(28-18)14(19-13(2)20)15(21)16(18)22/h1,14-17,21-22H,4-12H2,2H3,(H,19,20)/t14-,15-,16-,17+,18+/m1/s1. The molecule has 0 unspecified atom stereocenters. The molecule has 0 aromatic carbocycles. The first-order valence-corrected chi connectivity index (χ1v) is 9.17. The van der Waals surface area contributed by atoms with Gasteiger partial charge >= 0.3 is 0 Å². The number of hydrogen-bond donors (Lipinski definition) is 3. The fourth-order valence-corrected chi connectivity index (χ4v) is 3.01. The third-order valence-corrected chi connectivity index (χ3v) is 4.38. The molecule has 10 heteroatoms. The molecule has 0 saturated carbocycles. The molecule has 0 spiro atoms. The van der Waals surface area contributed by atoms with E-state index in [1.54, 1.807) is 0 Å². The van der Waals surface area contributed by atoms with E-state index in [9.17, 15) is 15.0 Å². The summed E-state index contributed by atoms with van der Waals surface area (Å²) in [5.41, 5.74) is -1.17. The van der Waals surface area contributed by atoms with Crippen LogP contribution in [-0.2, 0) is 33.2 Å². The lowest BCUT2D eigenvalue weighted by Crippen LogP contribution is -2.66. The number of ether oxygens (including phenoxy) is 6. The smallest absolute Gasteiger partial charge is 0.217 e. The van der Waals surface area contributed by atoms with Crippen LogP contribution >= 0.6 is 0 Å². The predicted octanol–water partition coefficient (Wildman–Crippen LogP) is -1.96. The molecule has 5 atom stereocenters. The number of carbonyl (C=O) groups is 1. The average molecular weight is 403 g/mol. The third kappa shape index (κ3) is 6.37. The van der Waals surface area contributed by atoms with Crippen molar-refractivity contribution in [3.63, 3.8) is 0 Å². The Kier molecular flexibility index (Phi) is 9.57. The Bertz CT molecular complexity index is 526. The van der Waals surface area contributed by atoms with Crippen LogP contribution in [0.3, 0.4) is 0 Å². The Labute approximate surface area is 164 Å². The Hall–Kier alpha value is -1.29. The van der Waals surface area contributed by atoms with Crippen molar-refractivity contribution in [1.29, 1.82) is 0 Å². The monoisotopic (exact) mass is 403 g/mol. The number of aliphatic hydroxyl groups excluding tert-OH is 2. The van der Waals surface area contributed by atoms with E-state index in [2.05, 4.69) is 11.2 Å². The van der Waals surface area contributed by atoms with Crippen molar-refractivity contribution in [3.8, 4) is 12.3 Å². The molecule has 28 heavy (non-hydrogen) atoms. The van der Waals surface area contributed by atoms with Crippen LogP contribution in [0.4, 0.5) is 0 Å². The van der Waals surface area contributed by atoms with E-state index in [4.69, 9.17) is 34.8 Å². The molecule has 0 radical (unpaired) electrons. The van der Waals surface area contributed by atoms with E-state index in [0.29, 0.717) is 33.0 Å². The zero-order valence-electron chi connectivity index (χ0n) is 16.0. The average Bonchev–Trinajstić information content (AvgIpc) is 3.07. The Morgan fingerprint density at radius 3 is 2.36 bits per heavy atom. The lowest BCUT2D eigenvalue weighted by Gasteiger charge is -2.42. The van der Waals surface area contributed by atoms with Gasteiger partial charge in [0.15, 0.2) is 6.29 Å². The molecule has 0 aliphatic carbocycles. The van der Waals surface area contributed by atoms with Crippen molar-refractivity contribution < 1.29 is 43.4 Å². The van der Waals surface area contributed by atoms with Crippen LogP contribution in [0.1, 0.15) is 6.92 Å². The number of rotatable bonds is 13. The highest BCUT2D eigenvalue weighted by Gasteiger charge is 2.59. The zero-order valence-corrected chi connectivity index (χ0v) is 16.0. The van der Waals surface area contributed by atoms with Crippen LogP contribution in [0.5, 0.6) is 0 Å². The van der Waals surface area contributed by atoms with E-state index in [1.807, 2.05) is 0 Å². The van der Waals surface area contributed by atoms with Gasteiger partial charge in [-0.15, -0.1) is 6.42 Å². The quantitative estimate of drug-likeness (QED) is 0.237. The number of nitrogens with one attached hydrogen (secondary N) is 1. The molecule has 10 nitrogen and oxygen atoms in total. The Balaban J connectivity index is 1.57. The van der Waals surface area contributed by atoms with Gasteiger partial charge in [0.25, 0.3) is 0 Å². The second kappa shape index (κ2) is 11.6. The fraction of sp³-hybridized carbons (Fsp3) is 0.833. The minimum Gasteiger partial charge on any atom is -0.388 e. The van der Waals surface area contributed by atoms with E-state index in [0.717, 1.165) is 0 Å². The van der Waals surface area contributed by atoms with Gasteiger partial charge in [0, 0.05) is 6.92 Å².